The van der Waals surface area contributed by atoms with Gasteiger partial charge >= 0.3 is 5.97 Å². The second kappa shape index (κ2) is 6.68. The number of rotatable bonds is 3. The molecular weight excluding hydrogens is 348 g/mol. The van der Waals surface area contributed by atoms with E-state index in [4.69, 9.17) is 4.84 Å². The lowest BCUT2D eigenvalue weighted by Gasteiger charge is -2.24. The number of carbonyl (C=O) groups is 4. The van der Waals surface area contributed by atoms with Crippen LogP contribution in [0.15, 0.2) is 48.5 Å². The summed E-state index contributed by atoms with van der Waals surface area (Å²) in [4.78, 5) is 55.2. The van der Waals surface area contributed by atoms with Gasteiger partial charge in [0, 0.05) is 36.2 Å². The third-order valence-corrected chi connectivity index (χ3v) is 4.63. The first-order valence-electron chi connectivity index (χ1n) is 8.58. The van der Waals surface area contributed by atoms with Gasteiger partial charge in [0.25, 0.3) is 11.8 Å². The quantitative estimate of drug-likeness (QED) is 0.773. The highest BCUT2D eigenvalue weighted by atomic mass is 16.7. The predicted octanol–water partition coefficient (Wildman–Crippen LogP) is 1.84. The Bertz CT molecular complexity index is 952. The smallest absolute Gasteiger partial charge is 0.352 e. The number of fused-ring (bicyclic) bond motifs is 2. The number of anilines is 1. The zero-order chi connectivity index (χ0) is 19.0. The van der Waals surface area contributed by atoms with Gasteiger partial charge < -0.3 is 9.74 Å². The minimum absolute atomic E-state index is 0.0422. The first-order valence-corrected chi connectivity index (χ1v) is 8.58. The number of benzene rings is 2. The van der Waals surface area contributed by atoms with E-state index in [9.17, 15) is 19.2 Å². The van der Waals surface area contributed by atoms with Crippen LogP contribution in [0.5, 0.6) is 0 Å². The van der Waals surface area contributed by atoms with Gasteiger partial charge in [-0.2, -0.15) is 0 Å². The molecule has 2 amide bonds. The van der Waals surface area contributed by atoms with Crippen molar-refractivity contribution in [3.8, 4) is 0 Å². The molecule has 2 heterocycles. The van der Waals surface area contributed by atoms with Crippen molar-refractivity contribution in [1.82, 2.24) is 5.06 Å². The molecule has 0 unspecified atom stereocenters. The van der Waals surface area contributed by atoms with Gasteiger partial charge in [-0.3, -0.25) is 14.4 Å². The van der Waals surface area contributed by atoms with Crippen molar-refractivity contribution in [3.05, 3.63) is 65.2 Å². The molecule has 1 saturated heterocycles. The van der Waals surface area contributed by atoms with E-state index in [2.05, 4.69) is 0 Å². The molecule has 0 atom stereocenters. The molecule has 136 valence electrons. The molecule has 4 rings (SSSR count). The molecular formula is C20H16N2O5. The molecule has 0 saturated carbocycles. The molecule has 0 aromatic heterocycles. The monoisotopic (exact) mass is 364 g/mol. The Labute approximate surface area is 155 Å². The molecule has 0 aliphatic carbocycles. The Morgan fingerprint density at radius 2 is 1.52 bits per heavy atom. The van der Waals surface area contributed by atoms with Crippen LogP contribution in [-0.4, -0.2) is 35.2 Å². The van der Waals surface area contributed by atoms with Crippen LogP contribution >= 0.6 is 0 Å². The Morgan fingerprint density at radius 1 is 0.889 bits per heavy atom. The Hall–Kier alpha value is -3.48. The van der Waals surface area contributed by atoms with Gasteiger partial charge in [0.15, 0.2) is 5.78 Å². The fourth-order valence-electron chi connectivity index (χ4n) is 3.34. The molecule has 27 heavy (non-hydrogen) atoms. The predicted molar refractivity (Wildman–Crippen MR) is 94.5 cm³/mol. The Kier molecular flexibility index (Phi) is 4.19. The molecule has 0 spiro atoms. The number of hydroxylamine groups is 2. The van der Waals surface area contributed by atoms with Crippen LogP contribution in [0.3, 0.4) is 0 Å². The summed E-state index contributed by atoms with van der Waals surface area (Å²) in [6, 6.07) is 14.3. The molecule has 2 aromatic carbocycles. The summed E-state index contributed by atoms with van der Waals surface area (Å²) in [6.45, 7) is 0.131. The van der Waals surface area contributed by atoms with E-state index < -0.39 is 17.8 Å². The van der Waals surface area contributed by atoms with Gasteiger partial charge in [0.05, 0.1) is 0 Å². The van der Waals surface area contributed by atoms with Crippen LogP contribution in [0.1, 0.15) is 34.3 Å². The summed E-state index contributed by atoms with van der Waals surface area (Å²) < 4.78 is 0. The van der Waals surface area contributed by atoms with E-state index in [-0.39, 0.29) is 25.2 Å². The third-order valence-electron chi connectivity index (χ3n) is 4.63. The standard InChI is InChI=1S/C20H16N2O5/c23-17-9-10-18(24)22(17)27-19(25)12-21-11-13-5-1-2-6-14(13)20(26)15-7-3-4-8-16(15)21/h1-8H,9-12H2. The number of ketones is 1. The van der Waals surface area contributed by atoms with Crippen molar-refractivity contribution < 1.29 is 24.0 Å². The highest BCUT2D eigenvalue weighted by Crippen LogP contribution is 2.30. The number of amides is 2. The van der Waals surface area contributed by atoms with Crippen LogP contribution in [0.4, 0.5) is 5.69 Å². The van der Waals surface area contributed by atoms with Crippen molar-refractivity contribution in [2.24, 2.45) is 0 Å². The minimum Gasteiger partial charge on any atom is -0.355 e. The fraction of sp³-hybridized carbons (Fsp3) is 0.200. The summed E-state index contributed by atoms with van der Waals surface area (Å²) in [7, 11) is 0. The number of hydrogen-bond donors (Lipinski definition) is 0. The van der Waals surface area contributed by atoms with Crippen molar-refractivity contribution in [1.29, 1.82) is 0 Å². The molecule has 2 aromatic rings. The number of para-hydroxylation sites is 1. The molecule has 0 radical (unpaired) electrons. The number of nitrogens with zero attached hydrogens (tertiary/aromatic N) is 2. The summed E-state index contributed by atoms with van der Waals surface area (Å²) in [5.41, 5.74) is 2.48. The number of imide groups is 1. The zero-order valence-electron chi connectivity index (χ0n) is 14.4. The molecule has 2 aliphatic heterocycles. The molecule has 1 fully saturated rings. The lowest BCUT2D eigenvalue weighted by atomic mass is 9.99. The van der Waals surface area contributed by atoms with Gasteiger partial charge in [-0.1, -0.05) is 36.4 Å². The average molecular weight is 364 g/mol. The van der Waals surface area contributed by atoms with Crippen LogP contribution in [0, 0.1) is 0 Å². The van der Waals surface area contributed by atoms with Crippen LogP contribution in [0.2, 0.25) is 0 Å². The lowest BCUT2D eigenvalue weighted by Crippen LogP contribution is -2.37. The SMILES string of the molecule is O=C(CN1Cc2ccccc2C(=O)c2ccccc21)ON1C(=O)CCC1=O. The van der Waals surface area contributed by atoms with Crippen molar-refractivity contribution in [2.45, 2.75) is 19.4 Å². The Morgan fingerprint density at radius 3 is 2.26 bits per heavy atom. The number of carbonyl (C=O) groups excluding carboxylic acids is 4. The van der Waals surface area contributed by atoms with E-state index in [1.165, 1.54) is 0 Å². The maximum atomic E-state index is 12.9. The van der Waals surface area contributed by atoms with Crippen molar-refractivity contribution in [2.75, 3.05) is 11.4 Å². The van der Waals surface area contributed by atoms with E-state index in [0.717, 1.165) is 5.56 Å². The summed E-state index contributed by atoms with van der Waals surface area (Å²) >= 11 is 0. The maximum absolute atomic E-state index is 12.9. The van der Waals surface area contributed by atoms with E-state index in [0.29, 0.717) is 28.4 Å². The molecule has 0 N–H and O–H groups in total. The van der Waals surface area contributed by atoms with Crippen molar-refractivity contribution >= 4 is 29.3 Å². The van der Waals surface area contributed by atoms with Crippen LogP contribution in [-0.2, 0) is 25.8 Å². The van der Waals surface area contributed by atoms with E-state index in [1.807, 2.05) is 12.1 Å². The van der Waals surface area contributed by atoms with Gasteiger partial charge in [-0.25, -0.2) is 4.79 Å². The first-order chi connectivity index (χ1) is 13.0. The highest BCUT2D eigenvalue weighted by Gasteiger charge is 2.34. The minimum atomic E-state index is -0.736. The number of hydrogen-bond acceptors (Lipinski definition) is 6. The summed E-state index contributed by atoms with van der Waals surface area (Å²) in [5.74, 6) is -1.89. The largest absolute Gasteiger partial charge is 0.355 e. The third kappa shape index (κ3) is 3.08. The van der Waals surface area contributed by atoms with Gasteiger partial charge in [0.2, 0.25) is 0 Å². The Balaban J connectivity index is 1.63. The van der Waals surface area contributed by atoms with Crippen LogP contribution in [0.25, 0.3) is 0 Å². The second-order valence-electron chi connectivity index (χ2n) is 6.40. The van der Waals surface area contributed by atoms with Gasteiger partial charge in [-0.15, -0.1) is 5.06 Å². The maximum Gasteiger partial charge on any atom is 0.352 e. The second-order valence-corrected chi connectivity index (χ2v) is 6.40. The first kappa shape index (κ1) is 17.0. The van der Waals surface area contributed by atoms with Crippen LogP contribution < -0.4 is 4.90 Å². The average Bonchev–Trinajstić information content (AvgIpc) is 2.93. The summed E-state index contributed by atoms with van der Waals surface area (Å²) in [5, 5.41) is 0.533. The lowest BCUT2D eigenvalue weighted by molar-refractivity contribution is -0.196. The topological polar surface area (TPSA) is 84.0 Å². The van der Waals surface area contributed by atoms with E-state index >= 15 is 0 Å². The fourth-order valence-corrected chi connectivity index (χ4v) is 3.34. The normalized spacial score (nSPS) is 16.1. The zero-order valence-corrected chi connectivity index (χ0v) is 14.4. The van der Waals surface area contributed by atoms with E-state index in [1.54, 1.807) is 41.3 Å². The molecule has 0 bridgehead atoms. The van der Waals surface area contributed by atoms with Gasteiger partial charge in [-0.05, 0) is 17.7 Å². The molecule has 2 aliphatic rings. The molecule has 7 nitrogen and oxygen atoms in total. The highest BCUT2D eigenvalue weighted by molar-refractivity contribution is 6.14. The van der Waals surface area contributed by atoms with Gasteiger partial charge in [0.1, 0.15) is 6.54 Å². The summed E-state index contributed by atoms with van der Waals surface area (Å²) in [6.07, 6.45) is 0.0844. The molecule has 7 heteroatoms. The van der Waals surface area contributed by atoms with Crippen molar-refractivity contribution in [3.63, 3.8) is 0 Å².